The number of benzene rings is 3. The Morgan fingerprint density at radius 2 is 1.81 bits per heavy atom. The average Bonchev–Trinajstić information content (AvgIpc) is 2.93. The maximum absolute atomic E-state index is 13.2. The van der Waals surface area contributed by atoms with Crippen LogP contribution in [0, 0.1) is 11.3 Å². The summed E-state index contributed by atoms with van der Waals surface area (Å²) in [6, 6.07) is 25.6. The Morgan fingerprint density at radius 1 is 1.03 bits per heavy atom. The summed E-state index contributed by atoms with van der Waals surface area (Å²) < 4.78 is 11.5. The summed E-state index contributed by atoms with van der Waals surface area (Å²) in [5.41, 5.74) is 8.24. The second-order valence-corrected chi connectivity index (χ2v) is 8.34. The largest absolute Gasteiger partial charge is 0.470 e. The lowest BCUT2D eigenvalue weighted by atomic mass is 10.1. The number of hydrogen-bond donors (Lipinski definition) is 2. The van der Waals surface area contributed by atoms with Gasteiger partial charge < -0.3 is 20.5 Å². The van der Waals surface area contributed by atoms with Gasteiger partial charge in [0.05, 0.1) is 16.7 Å². The number of rotatable bonds is 8. The molecule has 4 rings (SSSR count). The van der Waals surface area contributed by atoms with E-state index in [9.17, 15) is 9.59 Å². The lowest BCUT2D eigenvalue weighted by Gasteiger charge is -2.20. The van der Waals surface area contributed by atoms with Crippen molar-refractivity contribution in [2.24, 2.45) is 0 Å². The molecule has 1 unspecified atom stereocenters. The molecule has 3 aromatic carbocycles. The molecule has 0 saturated carbocycles. The van der Waals surface area contributed by atoms with E-state index in [2.05, 4.69) is 10.3 Å². The number of pyridine rings is 1. The number of hydrogen-bond acceptors (Lipinski definition) is 7. The second-order valence-electron chi connectivity index (χ2n) is 7.90. The number of esters is 1. The molecule has 1 heterocycles. The van der Waals surface area contributed by atoms with E-state index in [0.717, 1.165) is 5.56 Å². The number of nitrogens with zero attached hydrogens (tertiary/aromatic N) is 2. The van der Waals surface area contributed by atoms with Crippen molar-refractivity contribution < 1.29 is 19.1 Å². The third-order valence-corrected chi connectivity index (χ3v) is 5.44. The van der Waals surface area contributed by atoms with Crippen molar-refractivity contribution in [1.82, 2.24) is 4.98 Å². The van der Waals surface area contributed by atoms with E-state index >= 15 is 0 Å². The first-order valence-corrected chi connectivity index (χ1v) is 11.5. The number of aromatic nitrogens is 1. The molecule has 1 amide bonds. The van der Waals surface area contributed by atoms with E-state index in [1.165, 1.54) is 18.3 Å². The van der Waals surface area contributed by atoms with E-state index in [1.54, 1.807) is 42.5 Å². The Hall–Kier alpha value is -4.87. The molecule has 1 atom stereocenters. The highest BCUT2D eigenvalue weighted by molar-refractivity contribution is 6.30. The normalized spacial score (nSPS) is 11.1. The van der Waals surface area contributed by atoms with Crippen molar-refractivity contribution in [3.05, 3.63) is 118 Å². The minimum Gasteiger partial charge on any atom is -0.470 e. The number of carbonyl (C=O) groups is 2. The highest BCUT2D eigenvalue weighted by Crippen LogP contribution is 2.30. The number of halogens is 1. The van der Waals surface area contributed by atoms with E-state index in [-0.39, 0.29) is 23.2 Å². The van der Waals surface area contributed by atoms with E-state index in [4.69, 9.17) is 32.1 Å². The third-order valence-electron chi connectivity index (χ3n) is 5.23. The van der Waals surface area contributed by atoms with Crippen molar-refractivity contribution in [2.75, 3.05) is 11.1 Å². The summed E-state index contributed by atoms with van der Waals surface area (Å²) in [6.45, 7) is 0.0362. The lowest BCUT2D eigenvalue weighted by molar-refractivity contribution is -0.153. The Balaban J connectivity index is 1.60. The number of nitriles is 1. The maximum Gasteiger partial charge on any atom is 0.352 e. The van der Waals surface area contributed by atoms with Gasteiger partial charge in [0.2, 0.25) is 6.10 Å². The SMILES string of the molecule is N#Cc1cccc(C(=O)Nc2cccc(C(Oc3cc(Cl)cnc3N)C(=O)OCc3ccccc3)c2)c1. The highest BCUT2D eigenvalue weighted by atomic mass is 35.5. The zero-order valence-corrected chi connectivity index (χ0v) is 20.2. The summed E-state index contributed by atoms with van der Waals surface area (Å²) in [5.74, 6) is -0.931. The molecule has 0 bridgehead atoms. The molecule has 4 aromatic rings. The van der Waals surface area contributed by atoms with Gasteiger partial charge >= 0.3 is 5.97 Å². The minimum atomic E-state index is -1.23. The Morgan fingerprint density at radius 3 is 2.59 bits per heavy atom. The van der Waals surface area contributed by atoms with Gasteiger partial charge in [-0.1, -0.05) is 60.1 Å². The first-order valence-electron chi connectivity index (χ1n) is 11.1. The Labute approximate surface area is 218 Å². The van der Waals surface area contributed by atoms with Gasteiger partial charge in [-0.15, -0.1) is 0 Å². The summed E-state index contributed by atoms with van der Waals surface area (Å²) in [4.78, 5) is 29.9. The van der Waals surface area contributed by atoms with Gasteiger partial charge in [0, 0.05) is 29.1 Å². The molecule has 9 heteroatoms. The first kappa shape index (κ1) is 25.2. The van der Waals surface area contributed by atoms with Crippen LogP contribution in [0.4, 0.5) is 11.5 Å². The van der Waals surface area contributed by atoms with Crippen LogP contribution in [0.15, 0.2) is 91.1 Å². The van der Waals surface area contributed by atoms with Gasteiger partial charge in [-0.2, -0.15) is 5.26 Å². The standard InChI is InChI=1S/C28H21ClN4O4/c29-22-14-24(26(31)32-16-22)37-25(28(35)36-17-18-6-2-1-3-7-18)20-9-5-11-23(13-20)33-27(34)21-10-4-8-19(12-21)15-30/h1-14,16,25H,17H2,(H2,31,32)(H,33,34). The Bertz CT molecular complexity index is 1470. The van der Waals surface area contributed by atoms with Gasteiger partial charge in [-0.25, -0.2) is 9.78 Å². The molecule has 0 aliphatic carbocycles. The van der Waals surface area contributed by atoms with Crippen molar-refractivity contribution in [1.29, 1.82) is 5.26 Å². The van der Waals surface area contributed by atoms with Gasteiger partial charge in [-0.05, 0) is 35.9 Å². The topological polar surface area (TPSA) is 127 Å². The van der Waals surface area contributed by atoms with Crippen LogP contribution < -0.4 is 15.8 Å². The van der Waals surface area contributed by atoms with Crippen LogP contribution in [-0.2, 0) is 16.1 Å². The van der Waals surface area contributed by atoms with E-state index in [1.807, 2.05) is 36.4 Å². The quantitative estimate of drug-likeness (QED) is 0.306. The molecule has 0 fully saturated rings. The number of carbonyl (C=O) groups excluding carboxylic acids is 2. The van der Waals surface area contributed by atoms with Crippen LogP contribution in [0.5, 0.6) is 5.75 Å². The summed E-state index contributed by atoms with van der Waals surface area (Å²) in [7, 11) is 0. The zero-order chi connectivity index (χ0) is 26.2. The number of nitrogens with two attached hydrogens (primary N) is 1. The fourth-order valence-corrected chi connectivity index (χ4v) is 3.57. The molecule has 0 aliphatic rings. The van der Waals surface area contributed by atoms with E-state index in [0.29, 0.717) is 22.4 Å². The molecular formula is C28H21ClN4O4. The third kappa shape index (κ3) is 6.63. The minimum absolute atomic E-state index is 0.0362. The molecule has 8 nitrogen and oxygen atoms in total. The molecule has 1 aromatic heterocycles. The fourth-order valence-electron chi connectivity index (χ4n) is 3.42. The molecule has 0 aliphatic heterocycles. The first-order chi connectivity index (χ1) is 17.9. The van der Waals surface area contributed by atoms with Crippen molar-refractivity contribution in [3.8, 4) is 11.8 Å². The number of anilines is 2. The molecule has 184 valence electrons. The van der Waals surface area contributed by atoms with Gasteiger partial charge in [0.25, 0.3) is 5.91 Å². The molecule has 37 heavy (non-hydrogen) atoms. The predicted molar refractivity (Wildman–Crippen MR) is 139 cm³/mol. The number of nitrogens with one attached hydrogen (secondary N) is 1. The predicted octanol–water partition coefficient (Wildman–Crippen LogP) is 5.30. The molecule has 0 saturated heterocycles. The molecule has 3 N–H and O–H groups in total. The van der Waals surface area contributed by atoms with Gasteiger partial charge in [0.15, 0.2) is 11.6 Å². The molecule has 0 radical (unpaired) electrons. The fraction of sp³-hybridized carbons (Fsp3) is 0.0714. The van der Waals surface area contributed by atoms with E-state index < -0.39 is 18.0 Å². The zero-order valence-electron chi connectivity index (χ0n) is 19.4. The van der Waals surface area contributed by atoms with Crippen LogP contribution in [0.25, 0.3) is 0 Å². The van der Waals surface area contributed by atoms with Crippen molar-refractivity contribution in [3.63, 3.8) is 0 Å². The van der Waals surface area contributed by atoms with Gasteiger partial charge in [-0.3, -0.25) is 4.79 Å². The number of amides is 1. The summed E-state index contributed by atoms with van der Waals surface area (Å²) in [6.07, 6.45) is 0.134. The summed E-state index contributed by atoms with van der Waals surface area (Å²) in [5, 5.41) is 12.1. The lowest BCUT2D eigenvalue weighted by Crippen LogP contribution is -2.22. The second kappa shape index (κ2) is 11.7. The number of ether oxygens (including phenoxy) is 2. The van der Waals surface area contributed by atoms with Crippen molar-refractivity contribution >= 4 is 35.0 Å². The van der Waals surface area contributed by atoms with Crippen LogP contribution in [-0.4, -0.2) is 16.9 Å². The monoisotopic (exact) mass is 512 g/mol. The van der Waals surface area contributed by atoms with Gasteiger partial charge in [0.1, 0.15) is 6.61 Å². The van der Waals surface area contributed by atoms with Crippen molar-refractivity contribution in [2.45, 2.75) is 12.7 Å². The Kier molecular flexibility index (Phi) is 7.98. The highest BCUT2D eigenvalue weighted by Gasteiger charge is 2.26. The molecular weight excluding hydrogens is 492 g/mol. The van der Waals surface area contributed by atoms with Crippen LogP contribution in [0.3, 0.4) is 0 Å². The van der Waals surface area contributed by atoms with Crippen LogP contribution in [0.2, 0.25) is 5.02 Å². The number of nitrogen functional groups attached to an aromatic ring is 1. The maximum atomic E-state index is 13.2. The average molecular weight is 513 g/mol. The smallest absolute Gasteiger partial charge is 0.352 e. The van der Waals surface area contributed by atoms with Crippen LogP contribution >= 0.6 is 11.6 Å². The summed E-state index contributed by atoms with van der Waals surface area (Å²) >= 11 is 6.05. The van der Waals surface area contributed by atoms with Crippen LogP contribution in [0.1, 0.15) is 33.2 Å². The molecule has 0 spiro atoms.